The van der Waals surface area contributed by atoms with Gasteiger partial charge in [0.2, 0.25) is 10.0 Å². The number of unbranched alkanes of at least 4 members (excludes halogenated alkanes) is 6. The van der Waals surface area contributed by atoms with Crippen molar-refractivity contribution in [1.29, 1.82) is 5.26 Å². The predicted octanol–water partition coefficient (Wildman–Crippen LogP) is 3.35. The normalized spacial score (nSPS) is 13.1. The minimum Gasteiger partial charge on any atom is -0.214 e. The molecule has 0 spiro atoms. The molecular weight excluding hydrogens is 260 g/mol. The molecule has 0 heterocycles. The molecule has 0 fully saturated rings. The summed E-state index contributed by atoms with van der Waals surface area (Å²) in [6.45, 7) is 4.53. The number of nitrogens with one attached hydrogen (secondary N) is 1. The highest BCUT2D eigenvalue weighted by molar-refractivity contribution is 7.90. The minimum atomic E-state index is -3.45. The van der Waals surface area contributed by atoms with E-state index in [4.69, 9.17) is 5.26 Å². The van der Waals surface area contributed by atoms with Gasteiger partial charge < -0.3 is 0 Å². The lowest BCUT2D eigenvalue weighted by Gasteiger charge is -2.10. The average molecular weight is 288 g/mol. The highest BCUT2D eigenvalue weighted by Crippen LogP contribution is 2.08. The third-order valence-electron chi connectivity index (χ3n) is 3.15. The van der Waals surface area contributed by atoms with Gasteiger partial charge in [0.25, 0.3) is 0 Å². The van der Waals surface area contributed by atoms with Crippen molar-refractivity contribution in [1.82, 2.24) is 4.72 Å². The Hall–Kier alpha value is -0.600. The molecule has 0 saturated heterocycles. The van der Waals surface area contributed by atoms with E-state index in [2.05, 4.69) is 11.6 Å². The molecule has 5 heteroatoms. The number of hydrogen-bond donors (Lipinski definition) is 1. The lowest BCUT2D eigenvalue weighted by molar-refractivity contribution is 0.555. The molecule has 0 aliphatic heterocycles. The van der Waals surface area contributed by atoms with Gasteiger partial charge in [0, 0.05) is 6.54 Å². The van der Waals surface area contributed by atoms with Crippen molar-refractivity contribution >= 4 is 10.0 Å². The van der Waals surface area contributed by atoms with Crippen molar-refractivity contribution < 1.29 is 8.42 Å². The first-order chi connectivity index (χ1) is 9.08. The van der Waals surface area contributed by atoms with Gasteiger partial charge in [-0.3, -0.25) is 0 Å². The molecule has 0 aliphatic carbocycles. The van der Waals surface area contributed by atoms with E-state index < -0.39 is 15.3 Å². The summed E-state index contributed by atoms with van der Waals surface area (Å²) < 4.78 is 26.1. The van der Waals surface area contributed by atoms with Crippen LogP contribution in [-0.2, 0) is 10.0 Å². The quantitative estimate of drug-likeness (QED) is 0.560. The fourth-order valence-corrected chi connectivity index (χ4v) is 3.26. The second-order valence-corrected chi connectivity index (χ2v) is 6.91. The molecule has 0 bridgehead atoms. The molecule has 1 unspecified atom stereocenters. The zero-order chi connectivity index (χ0) is 14.6. The van der Waals surface area contributed by atoms with E-state index in [-0.39, 0.29) is 0 Å². The Morgan fingerprint density at radius 1 is 1.00 bits per heavy atom. The van der Waals surface area contributed by atoms with Crippen molar-refractivity contribution in [2.75, 3.05) is 6.54 Å². The van der Waals surface area contributed by atoms with Gasteiger partial charge in [0.05, 0.1) is 6.07 Å². The summed E-state index contributed by atoms with van der Waals surface area (Å²) >= 11 is 0. The summed E-state index contributed by atoms with van der Waals surface area (Å²) in [7, 11) is -3.45. The average Bonchev–Trinajstić information content (AvgIpc) is 2.38. The molecule has 1 N–H and O–H groups in total. The van der Waals surface area contributed by atoms with Crippen LogP contribution < -0.4 is 4.72 Å². The largest absolute Gasteiger partial charge is 0.227 e. The van der Waals surface area contributed by atoms with Gasteiger partial charge in [0.15, 0.2) is 5.25 Å². The first-order valence-corrected chi connectivity index (χ1v) is 9.01. The lowest BCUT2D eigenvalue weighted by Crippen LogP contribution is -2.34. The Bertz CT molecular complexity index is 347. The van der Waals surface area contributed by atoms with E-state index in [0.29, 0.717) is 19.4 Å². The Kier molecular flexibility index (Phi) is 10.9. The van der Waals surface area contributed by atoms with E-state index in [9.17, 15) is 8.42 Å². The van der Waals surface area contributed by atoms with E-state index in [1.54, 1.807) is 0 Å². The zero-order valence-corrected chi connectivity index (χ0v) is 13.1. The van der Waals surface area contributed by atoms with Gasteiger partial charge in [-0.25, -0.2) is 13.1 Å². The monoisotopic (exact) mass is 288 g/mol. The molecule has 0 aromatic heterocycles. The maximum atomic E-state index is 11.8. The van der Waals surface area contributed by atoms with Crippen molar-refractivity contribution in [3.8, 4) is 6.07 Å². The van der Waals surface area contributed by atoms with Crippen molar-refractivity contribution in [2.45, 2.75) is 76.9 Å². The van der Waals surface area contributed by atoms with E-state index in [1.165, 1.54) is 32.1 Å². The first-order valence-electron chi connectivity index (χ1n) is 7.46. The summed E-state index contributed by atoms with van der Waals surface area (Å²) in [5.74, 6) is 0. The highest BCUT2D eigenvalue weighted by Gasteiger charge is 2.23. The number of hydrogen-bond acceptors (Lipinski definition) is 3. The first kappa shape index (κ1) is 18.4. The third-order valence-corrected chi connectivity index (χ3v) is 4.85. The molecule has 0 aliphatic rings. The van der Waals surface area contributed by atoms with Crippen LogP contribution in [0.1, 0.15) is 71.6 Å². The standard InChI is InChI=1S/C14H28N2O2S/c1-3-5-6-7-8-9-10-12-16-19(17,18)14(13-15)11-4-2/h14,16H,3-12H2,1-2H3. The van der Waals surface area contributed by atoms with Crippen molar-refractivity contribution in [3.05, 3.63) is 0 Å². The van der Waals surface area contributed by atoms with Crippen LogP contribution in [-0.4, -0.2) is 20.2 Å². The summed E-state index contributed by atoms with van der Waals surface area (Å²) in [5, 5.41) is 7.95. The molecular formula is C14H28N2O2S. The fraction of sp³-hybridized carbons (Fsp3) is 0.929. The van der Waals surface area contributed by atoms with Gasteiger partial charge in [-0.05, 0) is 12.8 Å². The van der Waals surface area contributed by atoms with Crippen molar-refractivity contribution in [3.63, 3.8) is 0 Å². The number of nitrogens with zero attached hydrogens (tertiary/aromatic N) is 1. The molecule has 1 atom stereocenters. The van der Waals surface area contributed by atoms with Gasteiger partial charge in [-0.15, -0.1) is 0 Å². The second kappa shape index (κ2) is 11.2. The molecule has 0 amide bonds. The Morgan fingerprint density at radius 3 is 2.11 bits per heavy atom. The van der Waals surface area contributed by atoms with Gasteiger partial charge in [-0.1, -0.05) is 58.8 Å². The SMILES string of the molecule is CCCCCCCCCNS(=O)(=O)C(C#N)CCC. The maximum Gasteiger partial charge on any atom is 0.227 e. The maximum absolute atomic E-state index is 11.8. The van der Waals surface area contributed by atoms with Crippen LogP contribution in [0.4, 0.5) is 0 Å². The molecule has 0 saturated carbocycles. The summed E-state index contributed by atoms with van der Waals surface area (Å²) in [5.41, 5.74) is 0. The minimum absolute atomic E-state index is 0.406. The Balaban J connectivity index is 3.72. The summed E-state index contributed by atoms with van der Waals surface area (Å²) in [6.07, 6.45) is 9.22. The van der Waals surface area contributed by atoms with Crippen molar-refractivity contribution in [2.24, 2.45) is 0 Å². The van der Waals surface area contributed by atoms with Crippen LogP contribution in [0.2, 0.25) is 0 Å². The van der Waals surface area contributed by atoms with Crippen LogP contribution in [0.15, 0.2) is 0 Å². The van der Waals surface area contributed by atoms with Gasteiger partial charge >= 0.3 is 0 Å². The highest BCUT2D eigenvalue weighted by atomic mass is 32.2. The van der Waals surface area contributed by atoms with Crippen LogP contribution in [0, 0.1) is 11.3 Å². The zero-order valence-electron chi connectivity index (χ0n) is 12.3. The topological polar surface area (TPSA) is 70.0 Å². The second-order valence-electron chi connectivity index (χ2n) is 4.97. The van der Waals surface area contributed by atoms with Crippen LogP contribution in [0.3, 0.4) is 0 Å². The van der Waals surface area contributed by atoms with Crippen LogP contribution >= 0.6 is 0 Å². The predicted molar refractivity (Wildman–Crippen MR) is 79.2 cm³/mol. The molecule has 0 aromatic carbocycles. The fourth-order valence-electron chi connectivity index (χ4n) is 1.95. The van der Waals surface area contributed by atoms with Gasteiger partial charge in [-0.2, -0.15) is 5.26 Å². The van der Waals surface area contributed by atoms with E-state index in [0.717, 1.165) is 12.8 Å². The van der Waals surface area contributed by atoms with Crippen LogP contribution in [0.5, 0.6) is 0 Å². The Labute approximate surface area is 118 Å². The molecule has 0 aromatic rings. The van der Waals surface area contributed by atoms with E-state index in [1.807, 2.05) is 13.0 Å². The van der Waals surface area contributed by atoms with Gasteiger partial charge in [0.1, 0.15) is 0 Å². The summed E-state index contributed by atoms with van der Waals surface area (Å²) in [4.78, 5) is 0. The number of nitriles is 1. The van der Waals surface area contributed by atoms with Crippen LogP contribution in [0.25, 0.3) is 0 Å². The molecule has 19 heavy (non-hydrogen) atoms. The molecule has 0 radical (unpaired) electrons. The smallest absolute Gasteiger partial charge is 0.214 e. The van der Waals surface area contributed by atoms with E-state index >= 15 is 0 Å². The number of rotatable bonds is 12. The lowest BCUT2D eigenvalue weighted by atomic mass is 10.1. The molecule has 4 nitrogen and oxygen atoms in total. The summed E-state index contributed by atoms with van der Waals surface area (Å²) in [6, 6.07) is 1.87. The molecule has 112 valence electrons. The molecule has 0 rings (SSSR count). The number of sulfonamides is 1. The Morgan fingerprint density at radius 2 is 1.58 bits per heavy atom. The third kappa shape index (κ3) is 9.01.